The molecule has 0 aromatic carbocycles. The number of nitrogens with zero attached hydrogens (tertiary/aromatic N) is 1. The fourth-order valence-electron chi connectivity index (χ4n) is 2.70. The van der Waals surface area contributed by atoms with Gasteiger partial charge in [0, 0.05) is 18.6 Å². The fraction of sp³-hybridized carbons (Fsp3) is 1.00. The molecule has 2 saturated heterocycles. The van der Waals surface area contributed by atoms with Crippen molar-refractivity contribution >= 4 is 10.0 Å². The summed E-state index contributed by atoms with van der Waals surface area (Å²) in [5.41, 5.74) is 0. The van der Waals surface area contributed by atoms with Crippen LogP contribution in [0.15, 0.2) is 0 Å². The minimum Gasteiger partial charge on any atom is -0.299 e. The van der Waals surface area contributed by atoms with Crippen molar-refractivity contribution < 1.29 is 8.42 Å². The van der Waals surface area contributed by atoms with E-state index in [1.54, 1.807) is 6.92 Å². The number of nitrogens with one attached hydrogen (secondary N) is 1. The summed E-state index contributed by atoms with van der Waals surface area (Å²) in [6.07, 6.45) is 4.63. The molecule has 2 unspecified atom stereocenters. The van der Waals surface area contributed by atoms with Crippen molar-refractivity contribution in [3.05, 3.63) is 0 Å². The number of fused-ring (bicyclic) bond motifs is 1. The van der Waals surface area contributed by atoms with Gasteiger partial charge in [0.05, 0.1) is 5.75 Å². The highest BCUT2D eigenvalue weighted by Crippen LogP contribution is 2.27. The number of sulfonamides is 1. The highest BCUT2D eigenvalue weighted by Gasteiger charge is 2.36. The van der Waals surface area contributed by atoms with Crippen molar-refractivity contribution in [2.45, 2.75) is 44.7 Å². The van der Waals surface area contributed by atoms with E-state index in [1.165, 1.54) is 12.8 Å². The van der Waals surface area contributed by atoms with Crippen LogP contribution >= 0.6 is 0 Å². The van der Waals surface area contributed by atoms with Crippen molar-refractivity contribution in [2.75, 3.05) is 18.8 Å². The molecule has 0 aromatic rings. The lowest BCUT2D eigenvalue weighted by Crippen LogP contribution is -2.47. The van der Waals surface area contributed by atoms with Crippen LogP contribution in [0.1, 0.15) is 32.6 Å². The minimum atomic E-state index is -3.03. The number of piperidine rings is 1. The molecule has 4 nitrogen and oxygen atoms in total. The Labute approximate surface area is 92.1 Å². The zero-order valence-corrected chi connectivity index (χ0v) is 10.1. The Balaban J connectivity index is 1.99. The van der Waals surface area contributed by atoms with Crippen molar-refractivity contribution in [1.82, 2.24) is 9.62 Å². The first-order chi connectivity index (χ1) is 7.12. The van der Waals surface area contributed by atoms with Gasteiger partial charge in [-0.25, -0.2) is 13.1 Å². The molecule has 0 aromatic heterocycles. The third-order valence-electron chi connectivity index (χ3n) is 3.57. The molecule has 2 fully saturated rings. The Kier molecular flexibility index (Phi) is 3.33. The standard InChI is InChI=1S/C10H20N2O2S/c1-2-15(13,14)11-9-6-8-12-7-4-3-5-10(9)12/h9-11H,2-8H2,1H3. The molecule has 0 amide bonds. The van der Waals surface area contributed by atoms with E-state index in [0.717, 1.165) is 25.9 Å². The molecular formula is C10H20N2O2S. The second kappa shape index (κ2) is 4.39. The molecule has 88 valence electrons. The zero-order valence-electron chi connectivity index (χ0n) is 9.28. The molecule has 2 aliphatic heterocycles. The molecular weight excluding hydrogens is 212 g/mol. The third kappa shape index (κ3) is 2.52. The molecule has 0 spiro atoms. The van der Waals surface area contributed by atoms with Gasteiger partial charge in [-0.3, -0.25) is 4.90 Å². The first-order valence-electron chi connectivity index (χ1n) is 5.86. The molecule has 5 heteroatoms. The lowest BCUT2D eigenvalue weighted by atomic mass is 10.00. The summed E-state index contributed by atoms with van der Waals surface area (Å²) in [6, 6.07) is 0.621. The summed E-state index contributed by atoms with van der Waals surface area (Å²) >= 11 is 0. The maximum Gasteiger partial charge on any atom is 0.211 e. The fourth-order valence-corrected chi connectivity index (χ4v) is 3.60. The van der Waals surface area contributed by atoms with Crippen LogP contribution in [0.5, 0.6) is 0 Å². The van der Waals surface area contributed by atoms with Gasteiger partial charge in [-0.15, -0.1) is 0 Å². The molecule has 2 aliphatic rings. The minimum absolute atomic E-state index is 0.162. The molecule has 2 rings (SSSR count). The van der Waals surface area contributed by atoms with Crippen LogP contribution in [-0.2, 0) is 10.0 Å². The van der Waals surface area contributed by atoms with E-state index in [1.807, 2.05) is 0 Å². The molecule has 0 bridgehead atoms. The summed E-state index contributed by atoms with van der Waals surface area (Å²) < 4.78 is 25.8. The lowest BCUT2D eigenvalue weighted by molar-refractivity contribution is 0.186. The molecule has 0 radical (unpaired) electrons. The Morgan fingerprint density at radius 1 is 1.27 bits per heavy atom. The van der Waals surface area contributed by atoms with Gasteiger partial charge in [-0.05, 0) is 32.7 Å². The summed E-state index contributed by atoms with van der Waals surface area (Å²) in [5, 5.41) is 0. The quantitative estimate of drug-likeness (QED) is 0.773. The van der Waals surface area contributed by atoms with E-state index in [9.17, 15) is 8.42 Å². The molecule has 2 atom stereocenters. The van der Waals surface area contributed by atoms with Gasteiger partial charge in [0.2, 0.25) is 10.0 Å². The van der Waals surface area contributed by atoms with Gasteiger partial charge in [0.15, 0.2) is 0 Å². The van der Waals surface area contributed by atoms with Crippen LogP contribution in [0.4, 0.5) is 0 Å². The first kappa shape index (κ1) is 11.4. The van der Waals surface area contributed by atoms with Crippen molar-refractivity contribution in [3.8, 4) is 0 Å². The average Bonchev–Trinajstić information content (AvgIpc) is 2.62. The number of hydrogen-bond donors (Lipinski definition) is 1. The zero-order chi connectivity index (χ0) is 10.9. The van der Waals surface area contributed by atoms with Gasteiger partial charge in [-0.1, -0.05) is 6.42 Å². The monoisotopic (exact) mass is 232 g/mol. The molecule has 0 saturated carbocycles. The maximum absolute atomic E-state index is 11.5. The number of hydrogen-bond acceptors (Lipinski definition) is 3. The van der Waals surface area contributed by atoms with Crippen LogP contribution in [0.3, 0.4) is 0 Å². The summed E-state index contributed by atoms with van der Waals surface area (Å²) in [4.78, 5) is 2.44. The van der Waals surface area contributed by atoms with E-state index in [0.29, 0.717) is 6.04 Å². The topological polar surface area (TPSA) is 49.4 Å². The predicted molar refractivity (Wildman–Crippen MR) is 60.2 cm³/mol. The molecule has 0 aliphatic carbocycles. The first-order valence-corrected chi connectivity index (χ1v) is 7.51. The Morgan fingerprint density at radius 3 is 2.80 bits per heavy atom. The average molecular weight is 232 g/mol. The maximum atomic E-state index is 11.5. The van der Waals surface area contributed by atoms with Crippen molar-refractivity contribution in [2.24, 2.45) is 0 Å². The predicted octanol–water partition coefficient (Wildman–Crippen LogP) is 0.552. The van der Waals surface area contributed by atoms with Gasteiger partial charge < -0.3 is 0 Å². The summed E-state index contributed by atoms with van der Waals surface area (Å²) in [7, 11) is -3.03. The van der Waals surface area contributed by atoms with Crippen LogP contribution < -0.4 is 4.72 Å². The second-order valence-corrected chi connectivity index (χ2v) is 6.56. The van der Waals surface area contributed by atoms with Gasteiger partial charge >= 0.3 is 0 Å². The van der Waals surface area contributed by atoms with Crippen LogP contribution in [0, 0.1) is 0 Å². The van der Waals surface area contributed by atoms with Gasteiger partial charge in [-0.2, -0.15) is 0 Å². The highest BCUT2D eigenvalue weighted by atomic mass is 32.2. The van der Waals surface area contributed by atoms with Crippen molar-refractivity contribution in [1.29, 1.82) is 0 Å². The Morgan fingerprint density at radius 2 is 2.07 bits per heavy atom. The largest absolute Gasteiger partial charge is 0.299 e. The highest BCUT2D eigenvalue weighted by molar-refractivity contribution is 7.89. The van der Waals surface area contributed by atoms with E-state index < -0.39 is 10.0 Å². The Bertz CT molecular complexity index is 315. The molecule has 2 heterocycles. The van der Waals surface area contributed by atoms with Crippen LogP contribution in [-0.4, -0.2) is 44.2 Å². The molecule has 15 heavy (non-hydrogen) atoms. The smallest absolute Gasteiger partial charge is 0.211 e. The summed E-state index contributed by atoms with van der Waals surface area (Å²) in [5.74, 6) is 0.191. The summed E-state index contributed by atoms with van der Waals surface area (Å²) in [6.45, 7) is 3.90. The SMILES string of the molecule is CCS(=O)(=O)NC1CCN2CCCCC12. The lowest BCUT2D eigenvalue weighted by Gasteiger charge is -2.32. The molecule has 1 N–H and O–H groups in total. The third-order valence-corrected chi connectivity index (χ3v) is 4.99. The normalized spacial score (nSPS) is 32.9. The van der Waals surface area contributed by atoms with E-state index in [4.69, 9.17) is 0 Å². The van der Waals surface area contributed by atoms with Crippen molar-refractivity contribution in [3.63, 3.8) is 0 Å². The van der Waals surface area contributed by atoms with E-state index in [2.05, 4.69) is 9.62 Å². The van der Waals surface area contributed by atoms with Crippen LogP contribution in [0.25, 0.3) is 0 Å². The second-order valence-electron chi connectivity index (χ2n) is 4.52. The van der Waals surface area contributed by atoms with Gasteiger partial charge in [0.1, 0.15) is 0 Å². The van der Waals surface area contributed by atoms with E-state index in [-0.39, 0.29) is 11.8 Å². The Hall–Kier alpha value is -0.130. The van der Waals surface area contributed by atoms with E-state index >= 15 is 0 Å². The van der Waals surface area contributed by atoms with Gasteiger partial charge in [0.25, 0.3) is 0 Å². The number of rotatable bonds is 3. The van der Waals surface area contributed by atoms with Crippen LogP contribution in [0.2, 0.25) is 0 Å².